The third-order valence-corrected chi connectivity index (χ3v) is 3.97. The summed E-state index contributed by atoms with van der Waals surface area (Å²) in [4.78, 5) is 4.94. The van der Waals surface area contributed by atoms with Gasteiger partial charge in [0.1, 0.15) is 5.82 Å². The molecule has 1 aromatic carbocycles. The van der Waals surface area contributed by atoms with Gasteiger partial charge in [0.25, 0.3) is 0 Å². The summed E-state index contributed by atoms with van der Waals surface area (Å²) in [5.74, 6) is 1.50. The molecule has 0 aliphatic heterocycles. The summed E-state index contributed by atoms with van der Waals surface area (Å²) in [6.45, 7) is 5.20. The fourth-order valence-corrected chi connectivity index (χ4v) is 2.64. The first-order valence-electron chi connectivity index (χ1n) is 7.11. The lowest BCUT2D eigenvalue weighted by atomic mass is 10.2. The highest BCUT2D eigenvalue weighted by Crippen LogP contribution is 2.24. The van der Waals surface area contributed by atoms with Gasteiger partial charge in [-0.2, -0.15) is 4.98 Å². The largest absolute Gasteiger partial charge is 0.339 e. The second kappa shape index (κ2) is 8.14. The standard InChI is InChI=1S/C15H20FN3OS/c1-3-8-17-11(2)9-15-18-14(19-20-15)10-21-13-7-5-4-6-12(13)16/h4-7,11,17H,3,8-10H2,1-2H3. The maximum absolute atomic E-state index is 13.5. The zero-order valence-electron chi connectivity index (χ0n) is 12.3. The Labute approximate surface area is 128 Å². The minimum absolute atomic E-state index is 0.219. The van der Waals surface area contributed by atoms with Gasteiger partial charge < -0.3 is 9.84 Å². The molecule has 0 spiro atoms. The van der Waals surface area contributed by atoms with Crippen molar-refractivity contribution in [3.63, 3.8) is 0 Å². The van der Waals surface area contributed by atoms with Crippen molar-refractivity contribution in [3.8, 4) is 0 Å². The number of hydrogen-bond acceptors (Lipinski definition) is 5. The van der Waals surface area contributed by atoms with E-state index in [0.29, 0.717) is 34.8 Å². The molecular weight excluding hydrogens is 289 g/mol. The van der Waals surface area contributed by atoms with Gasteiger partial charge >= 0.3 is 0 Å². The Kier molecular flexibility index (Phi) is 6.20. The molecule has 0 fully saturated rings. The lowest BCUT2D eigenvalue weighted by Gasteiger charge is -2.09. The smallest absolute Gasteiger partial charge is 0.228 e. The molecule has 0 saturated carbocycles. The third kappa shape index (κ3) is 5.13. The van der Waals surface area contributed by atoms with Crippen LogP contribution in [0.2, 0.25) is 0 Å². The van der Waals surface area contributed by atoms with E-state index < -0.39 is 0 Å². The zero-order valence-corrected chi connectivity index (χ0v) is 13.1. The molecule has 0 aliphatic carbocycles. The summed E-state index contributed by atoms with van der Waals surface area (Å²) in [7, 11) is 0. The number of rotatable bonds is 8. The molecule has 1 aromatic heterocycles. The molecule has 0 amide bonds. The maximum atomic E-state index is 13.5. The summed E-state index contributed by atoms with van der Waals surface area (Å²) < 4.78 is 18.7. The number of halogens is 1. The molecule has 1 heterocycles. The van der Waals surface area contributed by atoms with Gasteiger partial charge in [0.2, 0.25) is 5.89 Å². The SMILES string of the molecule is CCCNC(C)Cc1nc(CSc2ccccc2F)no1. The van der Waals surface area contributed by atoms with Gasteiger partial charge in [0.05, 0.1) is 5.75 Å². The predicted octanol–water partition coefficient (Wildman–Crippen LogP) is 3.43. The van der Waals surface area contributed by atoms with Crippen molar-refractivity contribution in [3.05, 3.63) is 41.8 Å². The van der Waals surface area contributed by atoms with Crippen molar-refractivity contribution in [2.75, 3.05) is 6.54 Å². The molecule has 4 nitrogen and oxygen atoms in total. The van der Waals surface area contributed by atoms with Gasteiger partial charge in [-0.15, -0.1) is 11.8 Å². The highest BCUT2D eigenvalue weighted by molar-refractivity contribution is 7.98. The van der Waals surface area contributed by atoms with E-state index in [1.54, 1.807) is 12.1 Å². The van der Waals surface area contributed by atoms with E-state index >= 15 is 0 Å². The average Bonchev–Trinajstić information content (AvgIpc) is 2.92. The first kappa shape index (κ1) is 16.0. The average molecular weight is 309 g/mol. The highest BCUT2D eigenvalue weighted by Gasteiger charge is 2.11. The van der Waals surface area contributed by atoms with Crippen LogP contribution in [0, 0.1) is 5.82 Å². The first-order valence-corrected chi connectivity index (χ1v) is 8.09. The van der Waals surface area contributed by atoms with E-state index in [1.165, 1.54) is 17.8 Å². The summed E-state index contributed by atoms with van der Waals surface area (Å²) >= 11 is 1.37. The van der Waals surface area contributed by atoms with Crippen LogP contribution in [-0.4, -0.2) is 22.7 Å². The number of aromatic nitrogens is 2. The first-order chi connectivity index (χ1) is 10.2. The van der Waals surface area contributed by atoms with Gasteiger partial charge in [-0.25, -0.2) is 4.39 Å². The lowest BCUT2D eigenvalue weighted by molar-refractivity contribution is 0.358. The second-order valence-electron chi connectivity index (χ2n) is 4.88. The molecule has 2 rings (SSSR count). The summed E-state index contributed by atoms with van der Waals surface area (Å²) in [5.41, 5.74) is 0. The van der Waals surface area contributed by atoms with Crippen LogP contribution in [0.5, 0.6) is 0 Å². The van der Waals surface area contributed by atoms with E-state index in [2.05, 4.69) is 29.3 Å². The molecule has 1 N–H and O–H groups in total. The molecule has 6 heteroatoms. The minimum Gasteiger partial charge on any atom is -0.339 e. The van der Waals surface area contributed by atoms with Crippen LogP contribution in [0.1, 0.15) is 32.0 Å². The van der Waals surface area contributed by atoms with Crippen LogP contribution in [0.3, 0.4) is 0 Å². The molecule has 21 heavy (non-hydrogen) atoms. The Morgan fingerprint density at radius 1 is 1.38 bits per heavy atom. The number of thioether (sulfide) groups is 1. The van der Waals surface area contributed by atoms with Gasteiger partial charge in [0, 0.05) is 17.4 Å². The summed E-state index contributed by atoms with van der Waals surface area (Å²) in [6.07, 6.45) is 1.80. The third-order valence-electron chi connectivity index (χ3n) is 2.93. The topological polar surface area (TPSA) is 51.0 Å². The zero-order chi connectivity index (χ0) is 15.1. The number of hydrogen-bond donors (Lipinski definition) is 1. The van der Waals surface area contributed by atoms with E-state index in [4.69, 9.17) is 4.52 Å². The van der Waals surface area contributed by atoms with E-state index in [-0.39, 0.29) is 5.82 Å². The summed E-state index contributed by atoms with van der Waals surface area (Å²) in [6, 6.07) is 6.99. The second-order valence-corrected chi connectivity index (χ2v) is 5.90. The van der Waals surface area contributed by atoms with Crippen LogP contribution >= 0.6 is 11.8 Å². The van der Waals surface area contributed by atoms with Crippen molar-refractivity contribution >= 4 is 11.8 Å². The Balaban J connectivity index is 1.84. The fraction of sp³-hybridized carbons (Fsp3) is 0.467. The van der Waals surface area contributed by atoms with E-state index in [1.807, 2.05) is 6.07 Å². The van der Waals surface area contributed by atoms with E-state index in [9.17, 15) is 4.39 Å². The lowest BCUT2D eigenvalue weighted by Crippen LogP contribution is -2.28. The Morgan fingerprint density at radius 2 is 2.19 bits per heavy atom. The van der Waals surface area contributed by atoms with Gasteiger partial charge in [-0.05, 0) is 32.0 Å². The quantitative estimate of drug-likeness (QED) is 0.757. The molecule has 1 unspecified atom stereocenters. The van der Waals surface area contributed by atoms with Crippen LogP contribution < -0.4 is 5.32 Å². The molecule has 0 radical (unpaired) electrons. The normalized spacial score (nSPS) is 12.5. The monoisotopic (exact) mass is 309 g/mol. The van der Waals surface area contributed by atoms with E-state index in [0.717, 1.165) is 13.0 Å². The molecular formula is C15H20FN3OS. The number of benzene rings is 1. The molecule has 0 saturated heterocycles. The maximum Gasteiger partial charge on any atom is 0.228 e. The van der Waals surface area contributed by atoms with Crippen molar-refractivity contribution in [1.82, 2.24) is 15.5 Å². The highest BCUT2D eigenvalue weighted by atomic mass is 32.2. The van der Waals surface area contributed by atoms with Crippen LogP contribution in [0.25, 0.3) is 0 Å². The van der Waals surface area contributed by atoms with Gasteiger partial charge in [0.15, 0.2) is 5.82 Å². The van der Waals surface area contributed by atoms with Crippen molar-refractivity contribution in [2.45, 2.75) is 43.4 Å². The molecule has 114 valence electrons. The van der Waals surface area contributed by atoms with Crippen LogP contribution in [-0.2, 0) is 12.2 Å². The molecule has 0 bridgehead atoms. The molecule has 2 aromatic rings. The Hall–Kier alpha value is -1.40. The van der Waals surface area contributed by atoms with Crippen molar-refractivity contribution < 1.29 is 8.91 Å². The number of nitrogens with one attached hydrogen (secondary N) is 1. The van der Waals surface area contributed by atoms with Gasteiger partial charge in [-0.3, -0.25) is 0 Å². The van der Waals surface area contributed by atoms with Crippen LogP contribution in [0.4, 0.5) is 4.39 Å². The van der Waals surface area contributed by atoms with Gasteiger partial charge in [-0.1, -0.05) is 24.2 Å². The van der Waals surface area contributed by atoms with Crippen molar-refractivity contribution in [1.29, 1.82) is 0 Å². The fourth-order valence-electron chi connectivity index (χ4n) is 1.86. The Morgan fingerprint density at radius 3 is 2.95 bits per heavy atom. The molecule has 0 aliphatic rings. The summed E-state index contributed by atoms with van der Waals surface area (Å²) in [5, 5.41) is 7.31. The predicted molar refractivity (Wildman–Crippen MR) is 81.7 cm³/mol. The Bertz CT molecular complexity index is 561. The van der Waals surface area contributed by atoms with Crippen molar-refractivity contribution in [2.24, 2.45) is 0 Å². The molecule has 1 atom stereocenters. The number of nitrogens with zero attached hydrogens (tertiary/aromatic N) is 2. The van der Waals surface area contributed by atoms with Crippen LogP contribution in [0.15, 0.2) is 33.7 Å². The minimum atomic E-state index is -0.219.